The summed E-state index contributed by atoms with van der Waals surface area (Å²) in [4.78, 5) is 23.7. The number of ether oxygens (including phenoxy) is 1. The van der Waals surface area contributed by atoms with Crippen LogP contribution in [0.15, 0.2) is 84.9 Å². The first-order valence-electron chi connectivity index (χ1n) is 8.94. The second-order valence-corrected chi connectivity index (χ2v) is 6.17. The third kappa shape index (κ3) is 5.91. The molecule has 3 aromatic rings. The van der Waals surface area contributed by atoms with Gasteiger partial charge in [0, 0.05) is 11.8 Å². The second kappa shape index (κ2) is 9.67. The van der Waals surface area contributed by atoms with Crippen molar-refractivity contribution in [2.24, 2.45) is 0 Å². The molecule has 0 aliphatic carbocycles. The maximum absolute atomic E-state index is 12.0. The molecule has 142 valence electrons. The van der Waals surface area contributed by atoms with Crippen LogP contribution in [-0.4, -0.2) is 18.5 Å². The number of amides is 1. The minimum atomic E-state index is -0.621. The average Bonchev–Trinajstić information content (AvgIpc) is 2.78. The second-order valence-electron chi connectivity index (χ2n) is 6.17. The van der Waals surface area contributed by atoms with Gasteiger partial charge in [0.15, 0.2) is 6.61 Å². The number of nitriles is 1. The minimum absolute atomic E-state index is 0.378. The van der Waals surface area contributed by atoms with Crippen LogP contribution in [0.5, 0.6) is 0 Å². The minimum Gasteiger partial charge on any atom is -0.452 e. The Balaban J connectivity index is 1.47. The highest BCUT2D eigenvalue weighted by molar-refractivity contribution is 5.94. The summed E-state index contributed by atoms with van der Waals surface area (Å²) in [6.07, 6.45) is 2.80. The lowest BCUT2D eigenvalue weighted by molar-refractivity contribution is -0.142. The van der Waals surface area contributed by atoms with Crippen LogP contribution in [0.2, 0.25) is 0 Å². The van der Waals surface area contributed by atoms with Crippen LogP contribution in [0.25, 0.3) is 17.2 Å². The number of carbonyl (C=O) groups is 2. The zero-order valence-electron chi connectivity index (χ0n) is 15.5. The molecule has 5 nitrogen and oxygen atoms in total. The normalized spacial score (nSPS) is 10.3. The molecule has 0 radical (unpaired) electrons. The van der Waals surface area contributed by atoms with Gasteiger partial charge in [-0.1, -0.05) is 54.6 Å². The lowest BCUT2D eigenvalue weighted by Crippen LogP contribution is -2.20. The zero-order valence-corrected chi connectivity index (χ0v) is 15.5. The van der Waals surface area contributed by atoms with Gasteiger partial charge in [-0.05, 0) is 47.0 Å². The first-order valence-corrected chi connectivity index (χ1v) is 8.94. The van der Waals surface area contributed by atoms with E-state index in [1.54, 1.807) is 42.5 Å². The molecule has 0 fully saturated rings. The van der Waals surface area contributed by atoms with Gasteiger partial charge in [-0.3, -0.25) is 4.79 Å². The topological polar surface area (TPSA) is 79.2 Å². The monoisotopic (exact) mass is 382 g/mol. The molecule has 29 heavy (non-hydrogen) atoms. The van der Waals surface area contributed by atoms with Crippen molar-refractivity contribution in [3.8, 4) is 17.2 Å². The van der Waals surface area contributed by atoms with Gasteiger partial charge in [-0.25, -0.2) is 4.79 Å². The van der Waals surface area contributed by atoms with Gasteiger partial charge in [0.05, 0.1) is 11.6 Å². The Bertz CT molecular complexity index is 1050. The molecule has 0 heterocycles. The van der Waals surface area contributed by atoms with Crippen molar-refractivity contribution in [2.45, 2.75) is 0 Å². The van der Waals surface area contributed by atoms with Crippen molar-refractivity contribution in [2.75, 3.05) is 11.9 Å². The lowest BCUT2D eigenvalue weighted by atomic mass is 10.1. The largest absolute Gasteiger partial charge is 0.452 e. The number of carbonyl (C=O) groups excluding carboxylic acids is 2. The van der Waals surface area contributed by atoms with Crippen LogP contribution in [0.4, 0.5) is 5.69 Å². The van der Waals surface area contributed by atoms with Gasteiger partial charge >= 0.3 is 5.97 Å². The molecular weight excluding hydrogens is 364 g/mol. The van der Waals surface area contributed by atoms with Crippen molar-refractivity contribution < 1.29 is 14.3 Å². The van der Waals surface area contributed by atoms with Crippen molar-refractivity contribution in [1.29, 1.82) is 5.26 Å². The van der Waals surface area contributed by atoms with E-state index < -0.39 is 11.9 Å². The zero-order chi connectivity index (χ0) is 20.5. The van der Waals surface area contributed by atoms with E-state index in [0.717, 1.165) is 16.7 Å². The summed E-state index contributed by atoms with van der Waals surface area (Å²) in [5.74, 6) is -1.04. The number of anilines is 1. The van der Waals surface area contributed by atoms with E-state index in [1.165, 1.54) is 6.08 Å². The summed E-state index contributed by atoms with van der Waals surface area (Å²) in [5.41, 5.74) is 4.05. The third-order valence-corrected chi connectivity index (χ3v) is 4.07. The molecule has 0 atom stereocenters. The Morgan fingerprint density at radius 1 is 0.897 bits per heavy atom. The van der Waals surface area contributed by atoms with Gasteiger partial charge in [0.25, 0.3) is 5.91 Å². The van der Waals surface area contributed by atoms with E-state index in [2.05, 4.69) is 5.32 Å². The highest BCUT2D eigenvalue weighted by atomic mass is 16.5. The van der Waals surface area contributed by atoms with Crippen LogP contribution in [0, 0.1) is 11.3 Å². The molecule has 3 rings (SSSR count). The molecule has 1 N–H and O–H groups in total. The number of hydrogen-bond acceptors (Lipinski definition) is 4. The standard InChI is InChI=1S/C24H18N2O3/c25-16-19-8-6-18(7-9-19)10-15-24(28)29-17-23(27)26-22-13-11-21(12-14-22)20-4-2-1-3-5-20/h1-15H,17H2,(H,26,27)/b15-10+. The van der Waals surface area contributed by atoms with Crippen LogP contribution < -0.4 is 5.32 Å². The van der Waals surface area contributed by atoms with Crippen LogP contribution in [0.3, 0.4) is 0 Å². The predicted molar refractivity (Wildman–Crippen MR) is 112 cm³/mol. The number of rotatable bonds is 6. The fourth-order valence-electron chi connectivity index (χ4n) is 2.59. The van der Waals surface area contributed by atoms with Gasteiger partial charge in [0.2, 0.25) is 0 Å². The first kappa shape index (κ1) is 19.6. The van der Waals surface area contributed by atoms with E-state index in [4.69, 9.17) is 10.00 Å². The molecule has 0 saturated carbocycles. The Kier molecular flexibility index (Phi) is 6.53. The summed E-state index contributed by atoms with van der Waals surface area (Å²) < 4.78 is 4.95. The van der Waals surface area contributed by atoms with Gasteiger partial charge < -0.3 is 10.1 Å². The van der Waals surface area contributed by atoms with Crippen LogP contribution in [-0.2, 0) is 14.3 Å². The quantitative estimate of drug-likeness (QED) is 0.506. The van der Waals surface area contributed by atoms with E-state index in [0.29, 0.717) is 11.3 Å². The van der Waals surface area contributed by atoms with E-state index in [9.17, 15) is 9.59 Å². The molecule has 0 aromatic heterocycles. The van der Waals surface area contributed by atoms with Crippen molar-refractivity contribution in [3.63, 3.8) is 0 Å². The van der Waals surface area contributed by atoms with Crippen LogP contribution >= 0.6 is 0 Å². The molecule has 0 aliphatic rings. The van der Waals surface area contributed by atoms with E-state index in [1.807, 2.05) is 48.5 Å². The Morgan fingerprint density at radius 2 is 1.55 bits per heavy atom. The van der Waals surface area contributed by atoms with Gasteiger partial charge in [-0.2, -0.15) is 5.26 Å². The maximum Gasteiger partial charge on any atom is 0.331 e. The Hall–Kier alpha value is -4.17. The summed E-state index contributed by atoms with van der Waals surface area (Å²) in [6, 6.07) is 26.1. The molecule has 1 amide bonds. The molecule has 5 heteroatoms. The van der Waals surface area contributed by atoms with E-state index >= 15 is 0 Å². The molecule has 3 aromatic carbocycles. The fourth-order valence-corrected chi connectivity index (χ4v) is 2.59. The van der Waals surface area contributed by atoms with Crippen molar-refractivity contribution >= 4 is 23.6 Å². The maximum atomic E-state index is 12.0. The fraction of sp³-hybridized carbons (Fsp3) is 0.0417. The number of hydrogen-bond donors (Lipinski definition) is 1. The molecule has 0 unspecified atom stereocenters. The van der Waals surface area contributed by atoms with Crippen molar-refractivity contribution in [3.05, 3.63) is 96.1 Å². The van der Waals surface area contributed by atoms with Crippen molar-refractivity contribution in [1.82, 2.24) is 0 Å². The number of esters is 1. The smallest absolute Gasteiger partial charge is 0.331 e. The van der Waals surface area contributed by atoms with Gasteiger partial charge in [0.1, 0.15) is 0 Å². The Labute approximate surface area is 168 Å². The predicted octanol–water partition coefficient (Wildman–Crippen LogP) is 4.42. The number of nitrogens with zero attached hydrogens (tertiary/aromatic N) is 1. The first-order chi connectivity index (χ1) is 14.1. The van der Waals surface area contributed by atoms with Gasteiger partial charge in [-0.15, -0.1) is 0 Å². The number of nitrogens with one attached hydrogen (secondary N) is 1. The molecular formula is C24H18N2O3. The van der Waals surface area contributed by atoms with E-state index in [-0.39, 0.29) is 6.61 Å². The van der Waals surface area contributed by atoms with Crippen LogP contribution in [0.1, 0.15) is 11.1 Å². The summed E-state index contributed by atoms with van der Waals surface area (Å²) in [7, 11) is 0. The molecule has 0 spiro atoms. The molecule has 0 saturated heterocycles. The summed E-state index contributed by atoms with van der Waals surface area (Å²) in [6.45, 7) is -0.378. The highest BCUT2D eigenvalue weighted by Gasteiger charge is 2.06. The SMILES string of the molecule is N#Cc1ccc(/C=C/C(=O)OCC(=O)Nc2ccc(-c3ccccc3)cc2)cc1. The Morgan fingerprint density at radius 3 is 2.21 bits per heavy atom. The lowest BCUT2D eigenvalue weighted by Gasteiger charge is -2.07. The molecule has 0 aliphatic heterocycles. The summed E-state index contributed by atoms with van der Waals surface area (Å²) in [5, 5.41) is 11.5. The molecule has 0 bridgehead atoms. The summed E-state index contributed by atoms with van der Waals surface area (Å²) >= 11 is 0. The highest BCUT2D eigenvalue weighted by Crippen LogP contribution is 2.20. The average molecular weight is 382 g/mol. The third-order valence-electron chi connectivity index (χ3n) is 4.07. The number of benzene rings is 3.